The highest BCUT2D eigenvalue weighted by Crippen LogP contribution is 2.21. The molecule has 1 atom stereocenters. The van der Waals surface area contributed by atoms with E-state index in [2.05, 4.69) is 24.4 Å². The Hall–Kier alpha value is -0.570. The van der Waals surface area contributed by atoms with Crippen LogP contribution in [0.3, 0.4) is 0 Å². The molecule has 1 rings (SSSR count). The van der Waals surface area contributed by atoms with Crippen LogP contribution in [0.4, 0.5) is 0 Å². The molecule has 0 aliphatic heterocycles. The van der Waals surface area contributed by atoms with Crippen molar-refractivity contribution in [3.8, 4) is 0 Å². The zero-order chi connectivity index (χ0) is 12.5. The van der Waals surface area contributed by atoms with E-state index in [0.717, 1.165) is 37.6 Å². The molecule has 0 amide bonds. The second-order valence-corrected chi connectivity index (χ2v) is 4.67. The minimum absolute atomic E-state index is 0.499. The van der Waals surface area contributed by atoms with Crippen LogP contribution in [-0.4, -0.2) is 26.8 Å². The van der Waals surface area contributed by atoms with Crippen molar-refractivity contribution in [3.05, 3.63) is 34.9 Å². The number of hydrogen-bond acceptors (Lipinski definition) is 2. The average molecular weight is 256 g/mol. The highest BCUT2D eigenvalue weighted by molar-refractivity contribution is 6.30. The van der Waals surface area contributed by atoms with Gasteiger partial charge in [-0.1, -0.05) is 30.7 Å². The molecule has 0 saturated heterocycles. The van der Waals surface area contributed by atoms with Gasteiger partial charge in [-0.2, -0.15) is 0 Å². The predicted molar refractivity (Wildman–Crippen MR) is 73.8 cm³/mol. The smallest absolute Gasteiger partial charge is 0.0468 e. The summed E-state index contributed by atoms with van der Waals surface area (Å²) in [6, 6.07) is 8.12. The van der Waals surface area contributed by atoms with Crippen LogP contribution >= 0.6 is 11.6 Å². The van der Waals surface area contributed by atoms with E-state index in [4.69, 9.17) is 16.3 Å². The summed E-state index contributed by atoms with van der Waals surface area (Å²) in [6.07, 6.45) is 2.20. The van der Waals surface area contributed by atoms with Gasteiger partial charge in [-0.3, -0.25) is 0 Å². The lowest BCUT2D eigenvalue weighted by Gasteiger charge is -2.17. The third kappa shape index (κ3) is 5.53. The Morgan fingerprint density at radius 2 is 2.00 bits per heavy atom. The van der Waals surface area contributed by atoms with E-state index in [1.165, 1.54) is 5.56 Å². The molecular weight excluding hydrogens is 234 g/mol. The third-order valence-electron chi connectivity index (χ3n) is 2.83. The number of rotatable bonds is 8. The summed E-state index contributed by atoms with van der Waals surface area (Å²) in [5.74, 6) is 0.499. The lowest BCUT2D eigenvalue weighted by atomic mass is 9.96. The maximum Gasteiger partial charge on any atom is 0.0468 e. The molecule has 0 aliphatic carbocycles. The maximum absolute atomic E-state index is 5.91. The van der Waals surface area contributed by atoms with Gasteiger partial charge in [0, 0.05) is 25.3 Å². The normalized spacial score (nSPS) is 12.6. The second kappa shape index (κ2) is 8.51. The SMILES string of the molecule is CCCNCC(CCOC)c1ccc(Cl)cc1. The van der Waals surface area contributed by atoms with Crippen molar-refractivity contribution < 1.29 is 4.74 Å². The summed E-state index contributed by atoms with van der Waals surface area (Å²) in [5.41, 5.74) is 1.33. The van der Waals surface area contributed by atoms with Crippen molar-refractivity contribution in [2.24, 2.45) is 0 Å². The standard InChI is InChI=1S/C14H22ClNO/c1-3-9-16-11-13(8-10-17-2)12-4-6-14(15)7-5-12/h4-7,13,16H,3,8-11H2,1-2H3. The molecule has 0 saturated carbocycles. The lowest BCUT2D eigenvalue weighted by molar-refractivity contribution is 0.187. The van der Waals surface area contributed by atoms with Crippen LogP contribution in [0.5, 0.6) is 0 Å². The van der Waals surface area contributed by atoms with Gasteiger partial charge in [0.15, 0.2) is 0 Å². The summed E-state index contributed by atoms with van der Waals surface area (Å²) in [4.78, 5) is 0. The van der Waals surface area contributed by atoms with Crippen LogP contribution < -0.4 is 5.32 Å². The molecule has 1 aromatic rings. The van der Waals surface area contributed by atoms with Crippen molar-refractivity contribution in [1.82, 2.24) is 5.32 Å². The average Bonchev–Trinajstić information content (AvgIpc) is 2.35. The molecule has 0 heterocycles. The fraction of sp³-hybridized carbons (Fsp3) is 0.571. The molecule has 0 spiro atoms. The van der Waals surface area contributed by atoms with Crippen LogP contribution in [0.15, 0.2) is 24.3 Å². The summed E-state index contributed by atoms with van der Waals surface area (Å²) >= 11 is 5.91. The zero-order valence-electron chi connectivity index (χ0n) is 10.7. The monoisotopic (exact) mass is 255 g/mol. The highest BCUT2D eigenvalue weighted by Gasteiger charge is 2.10. The van der Waals surface area contributed by atoms with Crippen LogP contribution in [0.25, 0.3) is 0 Å². The number of hydrogen-bond donors (Lipinski definition) is 1. The molecule has 0 fully saturated rings. The van der Waals surface area contributed by atoms with Gasteiger partial charge in [-0.15, -0.1) is 0 Å². The van der Waals surface area contributed by atoms with Crippen LogP contribution in [-0.2, 0) is 4.74 Å². The van der Waals surface area contributed by atoms with Gasteiger partial charge < -0.3 is 10.1 Å². The first kappa shape index (κ1) is 14.5. The number of benzene rings is 1. The molecule has 17 heavy (non-hydrogen) atoms. The van der Waals surface area contributed by atoms with Gasteiger partial charge in [0.2, 0.25) is 0 Å². The molecule has 0 aromatic heterocycles. The van der Waals surface area contributed by atoms with E-state index < -0.39 is 0 Å². The molecule has 2 nitrogen and oxygen atoms in total. The molecule has 0 radical (unpaired) electrons. The van der Waals surface area contributed by atoms with E-state index >= 15 is 0 Å². The van der Waals surface area contributed by atoms with Crippen LogP contribution in [0.1, 0.15) is 31.2 Å². The Bertz CT molecular complexity index is 300. The lowest BCUT2D eigenvalue weighted by Crippen LogP contribution is -2.23. The van der Waals surface area contributed by atoms with Gasteiger partial charge in [0.25, 0.3) is 0 Å². The van der Waals surface area contributed by atoms with E-state index in [1.54, 1.807) is 7.11 Å². The Balaban J connectivity index is 2.57. The number of ether oxygens (including phenoxy) is 1. The van der Waals surface area contributed by atoms with Crippen LogP contribution in [0.2, 0.25) is 5.02 Å². The minimum atomic E-state index is 0.499. The van der Waals surface area contributed by atoms with Crippen molar-refractivity contribution in [1.29, 1.82) is 0 Å². The highest BCUT2D eigenvalue weighted by atomic mass is 35.5. The molecule has 1 aromatic carbocycles. The number of nitrogens with one attached hydrogen (secondary N) is 1. The predicted octanol–water partition coefficient (Wildman–Crippen LogP) is 3.46. The first-order chi connectivity index (χ1) is 8.27. The van der Waals surface area contributed by atoms with Crippen molar-refractivity contribution in [2.45, 2.75) is 25.7 Å². The second-order valence-electron chi connectivity index (χ2n) is 4.23. The van der Waals surface area contributed by atoms with Crippen LogP contribution in [0, 0.1) is 0 Å². The first-order valence-corrected chi connectivity index (χ1v) is 6.60. The van der Waals surface area contributed by atoms with Gasteiger partial charge in [0.1, 0.15) is 0 Å². The molecule has 96 valence electrons. The fourth-order valence-corrected chi connectivity index (χ4v) is 1.96. The molecule has 3 heteroatoms. The largest absolute Gasteiger partial charge is 0.385 e. The molecule has 1 N–H and O–H groups in total. The topological polar surface area (TPSA) is 21.3 Å². The fourth-order valence-electron chi connectivity index (χ4n) is 1.83. The summed E-state index contributed by atoms with van der Waals surface area (Å²) in [6.45, 7) is 5.04. The number of methoxy groups -OCH3 is 1. The molecule has 1 unspecified atom stereocenters. The molecule has 0 aliphatic rings. The van der Waals surface area contributed by atoms with E-state index in [9.17, 15) is 0 Å². The maximum atomic E-state index is 5.91. The van der Waals surface area contributed by atoms with Crippen molar-refractivity contribution >= 4 is 11.6 Å². The van der Waals surface area contributed by atoms with Gasteiger partial charge in [0.05, 0.1) is 0 Å². The van der Waals surface area contributed by atoms with E-state index in [1.807, 2.05) is 12.1 Å². The third-order valence-corrected chi connectivity index (χ3v) is 3.08. The van der Waals surface area contributed by atoms with Gasteiger partial charge >= 0.3 is 0 Å². The summed E-state index contributed by atoms with van der Waals surface area (Å²) in [5, 5.41) is 4.26. The Morgan fingerprint density at radius 1 is 1.29 bits per heavy atom. The quantitative estimate of drug-likeness (QED) is 0.719. The van der Waals surface area contributed by atoms with Crippen molar-refractivity contribution in [3.63, 3.8) is 0 Å². The summed E-state index contributed by atoms with van der Waals surface area (Å²) in [7, 11) is 1.75. The summed E-state index contributed by atoms with van der Waals surface area (Å²) < 4.78 is 5.17. The van der Waals surface area contributed by atoms with Gasteiger partial charge in [-0.05, 0) is 43.0 Å². The molecular formula is C14H22ClNO. The Labute approximate surface area is 109 Å². The zero-order valence-corrected chi connectivity index (χ0v) is 11.5. The first-order valence-electron chi connectivity index (χ1n) is 6.23. The van der Waals surface area contributed by atoms with Gasteiger partial charge in [-0.25, -0.2) is 0 Å². The van der Waals surface area contributed by atoms with E-state index in [0.29, 0.717) is 5.92 Å². The Kier molecular flexibility index (Phi) is 7.25. The number of halogens is 1. The van der Waals surface area contributed by atoms with E-state index in [-0.39, 0.29) is 0 Å². The van der Waals surface area contributed by atoms with Crippen molar-refractivity contribution in [2.75, 3.05) is 26.8 Å². The molecule has 0 bridgehead atoms. The Morgan fingerprint density at radius 3 is 2.59 bits per heavy atom. The minimum Gasteiger partial charge on any atom is -0.385 e.